The van der Waals surface area contributed by atoms with E-state index in [4.69, 9.17) is 9.16 Å². The molecule has 250 valence electrons. The maximum absolute atomic E-state index is 14.4. The Morgan fingerprint density at radius 2 is 1.63 bits per heavy atom. The van der Waals surface area contributed by atoms with Gasteiger partial charge in [0.1, 0.15) is 30.5 Å². The summed E-state index contributed by atoms with van der Waals surface area (Å²) in [6.07, 6.45) is -4.04. The van der Waals surface area contributed by atoms with Gasteiger partial charge in [-0.25, -0.2) is 14.2 Å². The second-order valence-corrected chi connectivity index (χ2v) is 17.4. The fourth-order valence-corrected chi connectivity index (χ4v) is 5.40. The van der Waals surface area contributed by atoms with Gasteiger partial charge in [-0.1, -0.05) is 34.6 Å². The molecule has 3 rings (SSSR count). The van der Waals surface area contributed by atoms with E-state index in [0.717, 1.165) is 22.9 Å². The van der Waals surface area contributed by atoms with Crippen LogP contribution >= 0.6 is 0 Å². The number of anilines is 1. The van der Waals surface area contributed by atoms with Crippen LogP contribution in [0.3, 0.4) is 0 Å². The molecule has 15 heteroatoms. The van der Waals surface area contributed by atoms with Gasteiger partial charge in [-0.05, 0) is 66.0 Å². The molecule has 3 aromatic rings. The number of alkyl halides is 3. The van der Waals surface area contributed by atoms with Gasteiger partial charge in [-0.15, -0.1) is 0 Å². The molecule has 0 radical (unpaired) electrons. The van der Waals surface area contributed by atoms with E-state index in [1.807, 2.05) is 20.8 Å². The summed E-state index contributed by atoms with van der Waals surface area (Å²) in [5.41, 5.74) is -0.365. The van der Waals surface area contributed by atoms with Crippen LogP contribution in [0.4, 0.5) is 28.0 Å². The Kier molecular flexibility index (Phi) is 11.5. The van der Waals surface area contributed by atoms with Crippen molar-refractivity contribution in [3.63, 3.8) is 0 Å². The van der Waals surface area contributed by atoms with E-state index in [-0.39, 0.29) is 23.7 Å². The summed E-state index contributed by atoms with van der Waals surface area (Å²) in [6.45, 7) is 11.0. The minimum Gasteiger partial charge on any atom is -0.444 e. The van der Waals surface area contributed by atoms with Crippen molar-refractivity contribution in [1.29, 1.82) is 0 Å². The van der Waals surface area contributed by atoms with Crippen molar-refractivity contribution in [2.24, 2.45) is 5.92 Å². The number of carbonyl (C=O) groups excluding carboxylic acids is 2. The van der Waals surface area contributed by atoms with Gasteiger partial charge in [0.05, 0.1) is 12.2 Å². The third-order valence-corrected chi connectivity index (χ3v) is 12.2. The molecule has 10 nitrogen and oxygen atoms in total. The third kappa shape index (κ3) is 9.45. The number of nitrogens with one attached hydrogen (secondary N) is 2. The second kappa shape index (κ2) is 14.5. The van der Waals surface area contributed by atoms with Crippen LogP contribution in [0.1, 0.15) is 40.2 Å². The summed E-state index contributed by atoms with van der Waals surface area (Å²) in [5, 5.41) is 4.18. The summed E-state index contributed by atoms with van der Waals surface area (Å²) in [6, 6.07) is 6.65. The summed E-state index contributed by atoms with van der Waals surface area (Å²) in [7, 11) is -2.95. The first-order valence-corrected chi connectivity index (χ1v) is 17.4. The Morgan fingerprint density at radius 3 is 2.17 bits per heavy atom. The lowest BCUT2D eigenvalue weighted by Crippen LogP contribution is -2.59. The van der Waals surface area contributed by atoms with Gasteiger partial charge in [-0.2, -0.15) is 13.2 Å². The number of hydrogen-bond donors (Lipinski definition) is 2. The van der Waals surface area contributed by atoms with Gasteiger partial charge in [-0.3, -0.25) is 24.5 Å². The number of ether oxygens (including phenoxy) is 1. The van der Waals surface area contributed by atoms with Crippen molar-refractivity contribution < 1.29 is 36.3 Å². The van der Waals surface area contributed by atoms with Gasteiger partial charge in [0, 0.05) is 18.0 Å². The predicted molar refractivity (Wildman–Crippen MR) is 167 cm³/mol. The minimum absolute atomic E-state index is 0.0816. The Balaban J connectivity index is 1.94. The molecule has 0 saturated carbocycles. The Morgan fingerprint density at radius 1 is 1.02 bits per heavy atom. The summed E-state index contributed by atoms with van der Waals surface area (Å²) in [5.74, 6) is -2.29. The quantitative estimate of drug-likeness (QED) is 0.182. The molecule has 0 bridgehead atoms. The maximum atomic E-state index is 14.4. The molecule has 0 saturated heterocycles. The average Bonchev–Trinajstić information content (AvgIpc) is 2.96. The van der Waals surface area contributed by atoms with Crippen LogP contribution in [0, 0.1) is 11.7 Å². The van der Waals surface area contributed by atoms with Gasteiger partial charge in [0.2, 0.25) is 5.91 Å². The van der Waals surface area contributed by atoms with Gasteiger partial charge < -0.3 is 14.5 Å². The smallest absolute Gasteiger partial charge is 0.415 e. The number of carbonyl (C=O) groups is 2. The number of benzene rings is 1. The molecule has 0 aliphatic heterocycles. The van der Waals surface area contributed by atoms with Crippen LogP contribution in [0.15, 0.2) is 59.8 Å². The Hall–Kier alpha value is -4.11. The van der Waals surface area contributed by atoms with E-state index in [2.05, 4.69) is 20.6 Å². The van der Waals surface area contributed by atoms with Crippen molar-refractivity contribution in [1.82, 2.24) is 19.9 Å². The standard InChI is InChI=1S/C31H39F4N5O5Si/c1-19(2)25(26(31(33,34)35)45-46(6,7)30(3,4)5)39-24(41)17-40-27(21-8-10-22(32)11-9-21)37-16-23(28(40)42)38-29(43)44-18-20-12-14-36-15-13-20/h8-16,19,25-26H,17-18H2,1-7H3,(H,38,43)(H,39,41). The first kappa shape index (κ1) is 36.4. The van der Waals surface area contributed by atoms with Gasteiger partial charge >= 0.3 is 12.3 Å². The van der Waals surface area contributed by atoms with E-state index >= 15 is 0 Å². The molecule has 2 heterocycles. The molecule has 2 unspecified atom stereocenters. The van der Waals surface area contributed by atoms with Crippen molar-refractivity contribution in [2.45, 2.75) is 84.2 Å². The Labute approximate surface area is 265 Å². The number of hydrogen-bond acceptors (Lipinski definition) is 7. The summed E-state index contributed by atoms with van der Waals surface area (Å²) >= 11 is 0. The van der Waals surface area contributed by atoms with Crippen molar-refractivity contribution >= 4 is 26.0 Å². The highest BCUT2D eigenvalue weighted by atomic mass is 28.4. The zero-order chi connectivity index (χ0) is 34.4. The van der Waals surface area contributed by atoms with Crippen molar-refractivity contribution in [2.75, 3.05) is 5.32 Å². The average molecular weight is 666 g/mol. The fourth-order valence-electron chi connectivity index (χ4n) is 4.13. The highest BCUT2D eigenvalue weighted by molar-refractivity contribution is 6.74. The highest BCUT2D eigenvalue weighted by Crippen LogP contribution is 2.41. The van der Waals surface area contributed by atoms with Gasteiger partial charge in [0.25, 0.3) is 5.56 Å². The van der Waals surface area contributed by atoms with Crippen LogP contribution < -0.4 is 16.2 Å². The molecular weight excluding hydrogens is 626 g/mol. The zero-order valence-corrected chi connectivity index (χ0v) is 27.7. The molecule has 46 heavy (non-hydrogen) atoms. The molecule has 2 amide bonds. The van der Waals surface area contributed by atoms with Crippen LogP contribution in [0.5, 0.6) is 0 Å². The number of amides is 2. The van der Waals surface area contributed by atoms with Crippen molar-refractivity contribution in [3.8, 4) is 11.4 Å². The van der Waals surface area contributed by atoms with E-state index in [9.17, 15) is 31.9 Å². The predicted octanol–water partition coefficient (Wildman–Crippen LogP) is 6.29. The fraction of sp³-hybridized carbons (Fsp3) is 0.452. The summed E-state index contributed by atoms with van der Waals surface area (Å²) < 4.78 is 68.8. The lowest BCUT2D eigenvalue weighted by Gasteiger charge is -2.42. The monoisotopic (exact) mass is 665 g/mol. The molecule has 0 fully saturated rings. The SMILES string of the molecule is CC(C)C(NC(=O)Cn1c(-c2ccc(F)cc2)ncc(NC(=O)OCc2ccncc2)c1=O)C(O[Si](C)(C)C(C)(C)C)C(F)(F)F. The summed E-state index contributed by atoms with van der Waals surface area (Å²) in [4.78, 5) is 47.6. The molecule has 2 N–H and O–H groups in total. The zero-order valence-electron chi connectivity index (χ0n) is 26.7. The third-order valence-electron chi connectivity index (χ3n) is 7.73. The van der Waals surface area contributed by atoms with E-state index in [1.165, 1.54) is 38.4 Å². The number of halogens is 4. The topological polar surface area (TPSA) is 124 Å². The highest BCUT2D eigenvalue weighted by Gasteiger charge is 2.52. The molecule has 2 aromatic heterocycles. The molecule has 2 atom stereocenters. The van der Waals surface area contributed by atoms with Gasteiger partial charge in [0.15, 0.2) is 14.4 Å². The van der Waals surface area contributed by atoms with E-state index in [1.54, 1.807) is 25.2 Å². The number of nitrogens with zero attached hydrogens (tertiary/aromatic N) is 3. The number of pyridine rings is 1. The molecular formula is C31H39F4N5O5Si. The molecule has 0 aliphatic rings. The van der Waals surface area contributed by atoms with Crippen LogP contribution in [0.25, 0.3) is 11.4 Å². The first-order valence-electron chi connectivity index (χ1n) is 14.5. The molecule has 1 aromatic carbocycles. The van der Waals surface area contributed by atoms with Crippen LogP contribution in [0.2, 0.25) is 18.1 Å². The second-order valence-electron chi connectivity index (χ2n) is 12.6. The molecule has 0 spiro atoms. The normalized spacial score (nSPS) is 13.7. The number of aromatic nitrogens is 3. The molecule has 0 aliphatic carbocycles. The first-order chi connectivity index (χ1) is 21.3. The van der Waals surface area contributed by atoms with Crippen molar-refractivity contribution in [3.05, 3.63) is 76.7 Å². The lowest BCUT2D eigenvalue weighted by molar-refractivity contribution is -0.210. The minimum atomic E-state index is -4.81. The van der Waals surface area contributed by atoms with E-state index < -0.39 is 67.5 Å². The van der Waals surface area contributed by atoms with Crippen LogP contribution in [-0.2, 0) is 27.1 Å². The Bertz CT molecular complexity index is 1560. The number of rotatable bonds is 11. The van der Waals surface area contributed by atoms with E-state index in [0.29, 0.717) is 5.56 Å². The largest absolute Gasteiger partial charge is 0.444 e. The maximum Gasteiger partial charge on any atom is 0.415 e. The van der Waals surface area contributed by atoms with Crippen LogP contribution in [-0.4, -0.2) is 53.2 Å². The lowest BCUT2D eigenvalue weighted by atomic mass is 9.98.